The number of ether oxygens (including phenoxy) is 1. The van der Waals surface area contributed by atoms with Gasteiger partial charge in [0, 0.05) is 18.5 Å². The second-order valence-electron chi connectivity index (χ2n) is 4.37. The number of amides is 1. The number of methoxy groups -OCH3 is 1. The van der Waals surface area contributed by atoms with E-state index in [0.29, 0.717) is 5.88 Å². The molecule has 0 bridgehead atoms. The van der Waals surface area contributed by atoms with Gasteiger partial charge in [0.15, 0.2) is 0 Å². The van der Waals surface area contributed by atoms with Crippen LogP contribution in [0.5, 0.6) is 5.88 Å². The van der Waals surface area contributed by atoms with Crippen LogP contribution in [-0.2, 0) is 14.6 Å². The minimum Gasteiger partial charge on any atom is -0.481 e. The van der Waals surface area contributed by atoms with Crippen molar-refractivity contribution in [3.05, 3.63) is 23.9 Å². The van der Waals surface area contributed by atoms with Gasteiger partial charge in [0.05, 0.1) is 18.4 Å². The largest absolute Gasteiger partial charge is 0.481 e. The Bertz CT molecular complexity index is 611. The fraction of sp³-hybridized carbons (Fsp3) is 0.417. The summed E-state index contributed by atoms with van der Waals surface area (Å²) in [6.07, 6.45) is 2.04. The lowest BCUT2D eigenvalue weighted by atomic mass is 10.2. The van der Waals surface area contributed by atoms with Gasteiger partial charge in [-0.15, -0.1) is 0 Å². The van der Waals surface area contributed by atoms with Crippen LogP contribution in [0.2, 0.25) is 0 Å². The van der Waals surface area contributed by atoms with Crippen molar-refractivity contribution < 1.29 is 27.9 Å². The molecular weight excluding hydrogens is 300 g/mol. The van der Waals surface area contributed by atoms with Crippen LogP contribution in [0.15, 0.2) is 18.3 Å². The van der Waals surface area contributed by atoms with Crippen LogP contribution in [0.3, 0.4) is 0 Å². The number of rotatable bonds is 7. The van der Waals surface area contributed by atoms with Crippen molar-refractivity contribution in [2.24, 2.45) is 0 Å². The Labute approximate surface area is 122 Å². The number of aliphatic carboxylic acids is 1. The Hall–Kier alpha value is -2.16. The molecule has 21 heavy (non-hydrogen) atoms. The lowest BCUT2D eigenvalue weighted by molar-refractivity contribution is -0.139. The number of carboxylic acids is 1. The number of sulfone groups is 1. The number of aromatic nitrogens is 1. The molecule has 1 aromatic heterocycles. The van der Waals surface area contributed by atoms with Gasteiger partial charge in [-0.2, -0.15) is 0 Å². The lowest BCUT2D eigenvalue weighted by Gasteiger charge is -2.14. The summed E-state index contributed by atoms with van der Waals surface area (Å²) in [5.41, 5.74) is 0.154. The van der Waals surface area contributed by atoms with Crippen molar-refractivity contribution in [2.75, 3.05) is 19.1 Å². The first kappa shape index (κ1) is 16.9. The molecule has 0 aliphatic rings. The number of nitrogens with one attached hydrogen (secondary N) is 1. The van der Waals surface area contributed by atoms with Crippen LogP contribution >= 0.6 is 0 Å². The van der Waals surface area contributed by atoms with Crippen molar-refractivity contribution >= 4 is 21.7 Å². The Morgan fingerprint density at radius 3 is 2.52 bits per heavy atom. The van der Waals surface area contributed by atoms with Gasteiger partial charge >= 0.3 is 5.97 Å². The SMILES string of the molecule is COc1ccc(C(=O)NC(CCS(C)(=O)=O)C(=O)O)cn1. The molecule has 9 heteroatoms. The van der Waals surface area contributed by atoms with Crippen molar-refractivity contribution in [2.45, 2.75) is 12.5 Å². The van der Waals surface area contributed by atoms with E-state index in [1.54, 1.807) is 0 Å². The highest BCUT2D eigenvalue weighted by atomic mass is 32.2. The molecule has 1 aromatic rings. The van der Waals surface area contributed by atoms with E-state index >= 15 is 0 Å². The standard InChI is InChI=1S/C12H16N2O6S/c1-20-10-4-3-8(7-13-10)11(15)14-9(12(16)17)5-6-21(2,18)19/h3-4,7,9H,5-6H2,1-2H3,(H,14,15)(H,16,17). The van der Waals surface area contributed by atoms with E-state index in [4.69, 9.17) is 9.84 Å². The van der Waals surface area contributed by atoms with E-state index in [0.717, 1.165) is 6.26 Å². The summed E-state index contributed by atoms with van der Waals surface area (Å²) < 4.78 is 27.0. The zero-order valence-corrected chi connectivity index (χ0v) is 12.4. The predicted molar refractivity (Wildman–Crippen MR) is 74.0 cm³/mol. The number of hydrogen-bond acceptors (Lipinski definition) is 6. The van der Waals surface area contributed by atoms with Gasteiger partial charge in [-0.05, 0) is 12.5 Å². The third kappa shape index (κ3) is 5.78. The molecule has 0 spiro atoms. The van der Waals surface area contributed by atoms with E-state index in [1.807, 2.05) is 0 Å². The highest BCUT2D eigenvalue weighted by Crippen LogP contribution is 2.07. The molecule has 0 fully saturated rings. The molecule has 0 radical (unpaired) electrons. The van der Waals surface area contributed by atoms with Gasteiger partial charge in [-0.3, -0.25) is 4.79 Å². The summed E-state index contributed by atoms with van der Waals surface area (Å²) in [7, 11) is -1.88. The highest BCUT2D eigenvalue weighted by molar-refractivity contribution is 7.90. The van der Waals surface area contributed by atoms with Gasteiger partial charge in [0.25, 0.3) is 5.91 Å². The summed E-state index contributed by atoms with van der Waals surface area (Å²) in [6.45, 7) is 0. The highest BCUT2D eigenvalue weighted by Gasteiger charge is 2.22. The molecule has 1 unspecified atom stereocenters. The molecule has 0 saturated carbocycles. The molecule has 0 aromatic carbocycles. The molecule has 0 aliphatic heterocycles. The van der Waals surface area contributed by atoms with E-state index in [9.17, 15) is 18.0 Å². The second kappa shape index (κ2) is 7.02. The Balaban J connectivity index is 2.73. The molecule has 8 nitrogen and oxygen atoms in total. The van der Waals surface area contributed by atoms with Gasteiger partial charge in [-0.1, -0.05) is 0 Å². The van der Waals surface area contributed by atoms with Gasteiger partial charge < -0.3 is 15.2 Å². The first-order valence-electron chi connectivity index (χ1n) is 5.94. The maximum Gasteiger partial charge on any atom is 0.326 e. The average molecular weight is 316 g/mol. The molecule has 1 heterocycles. The van der Waals surface area contributed by atoms with Gasteiger partial charge in [0.2, 0.25) is 5.88 Å². The fourth-order valence-electron chi connectivity index (χ4n) is 1.47. The average Bonchev–Trinajstić information content (AvgIpc) is 2.42. The maximum atomic E-state index is 11.9. The molecule has 0 aliphatic carbocycles. The van der Waals surface area contributed by atoms with Gasteiger partial charge in [-0.25, -0.2) is 18.2 Å². The van der Waals surface area contributed by atoms with Crippen LogP contribution in [0.25, 0.3) is 0 Å². The van der Waals surface area contributed by atoms with Crippen molar-refractivity contribution in [1.82, 2.24) is 10.3 Å². The van der Waals surface area contributed by atoms with E-state index in [-0.39, 0.29) is 17.7 Å². The van der Waals surface area contributed by atoms with E-state index in [2.05, 4.69) is 10.3 Å². The molecule has 2 N–H and O–H groups in total. The fourth-order valence-corrected chi connectivity index (χ4v) is 2.13. The first-order valence-corrected chi connectivity index (χ1v) is 8.00. The summed E-state index contributed by atoms with van der Waals surface area (Å²) in [6, 6.07) is 1.60. The monoisotopic (exact) mass is 316 g/mol. The minimum atomic E-state index is -3.31. The molecule has 1 atom stereocenters. The van der Waals surface area contributed by atoms with E-state index in [1.165, 1.54) is 25.4 Å². The molecule has 1 rings (SSSR count). The Kier molecular flexibility index (Phi) is 5.65. The van der Waals surface area contributed by atoms with Crippen LogP contribution in [-0.4, -0.2) is 55.5 Å². The maximum absolute atomic E-state index is 11.9. The number of carbonyl (C=O) groups excluding carboxylic acids is 1. The summed E-state index contributed by atoms with van der Waals surface area (Å²) >= 11 is 0. The number of nitrogens with zero attached hydrogens (tertiary/aromatic N) is 1. The number of carboxylic acid groups (broad SMARTS) is 1. The smallest absolute Gasteiger partial charge is 0.326 e. The number of carbonyl (C=O) groups is 2. The van der Waals surface area contributed by atoms with Crippen LogP contribution in [0.4, 0.5) is 0 Å². The predicted octanol–water partition coefficient (Wildman–Crippen LogP) is -0.292. The molecule has 116 valence electrons. The minimum absolute atomic E-state index is 0.154. The molecule has 1 amide bonds. The number of pyridine rings is 1. The van der Waals surface area contributed by atoms with Crippen LogP contribution < -0.4 is 10.1 Å². The first-order chi connectivity index (χ1) is 9.73. The van der Waals surface area contributed by atoms with Gasteiger partial charge in [0.1, 0.15) is 15.9 Å². The van der Waals surface area contributed by atoms with E-state index < -0.39 is 27.8 Å². The second-order valence-corrected chi connectivity index (χ2v) is 6.63. The normalized spacial score (nSPS) is 12.5. The Morgan fingerprint density at radius 1 is 1.43 bits per heavy atom. The van der Waals surface area contributed by atoms with Crippen LogP contribution in [0.1, 0.15) is 16.8 Å². The third-order valence-electron chi connectivity index (χ3n) is 2.59. The summed E-state index contributed by atoms with van der Waals surface area (Å²) in [5, 5.41) is 11.3. The summed E-state index contributed by atoms with van der Waals surface area (Å²) in [4.78, 5) is 26.7. The lowest BCUT2D eigenvalue weighted by Crippen LogP contribution is -2.41. The quantitative estimate of drug-likeness (QED) is 0.708. The van der Waals surface area contributed by atoms with Crippen molar-refractivity contribution in [1.29, 1.82) is 0 Å². The van der Waals surface area contributed by atoms with Crippen LogP contribution in [0, 0.1) is 0 Å². The molecular formula is C12H16N2O6S. The van der Waals surface area contributed by atoms with Crippen molar-refractivity contribution in [3.63, 3.8) is 0 Å². The third-order valence-corrected chi connectivity index (χ3v) is 3.57. The zero-order valence-electron chi connectivity index (χ0n) is 11.6. The summed E-state index contributed by atoms with van der Waals surface area (Å²) in [5.74, 6) is -1.96. The number of hydrogen-bond donors (Lipinski definition) is 2. The van der Waals surface area contributed by atoms with Crippen molar-refractivity contribution in [3.8, 4) is 5.88 Å². The zero-order chi connectivity index (χ0) is 16.0. The topological polar surface area (TPSA) is 123 Å². The molecule has 0 saturated heterocycles. The Morgan fingerprint density at radius 2 is 2.10 bits per heavy atom.